The largest absolute Gasteiger partial charge is 0.337 e. The predicted octanol–water partition coefficient (Wildman–Crippen LogP) is 4.08. The highest BCUT2D eigenvalue weighted by atomic mass is 35.5. The second-order valence-corrected chi connectivity index (χ2v) is 9.98. The first-order valence-electron chi connectivity index (χ1n) is 9.91. The van der Waals surface area contributed by atoms with Crippen LogP contribution in [-0.4, -0.2) is 48.1 Å². The molecule has 0 radical (unpaired) electrons. The number of nitrogens with zero attached hydrogens (tertiary/aromatic N) is 3. The minimum atomic E-state index is -3.61. The van der Waals surface area contributed by atoms with Crippen LogP contribution in [0.1, 0.15) is 42.1 Å². The molecule has 1 fully saturated rings. The molecule has 1 aliphatic rings. The third-order valence-corrected chi connectivity index (χ3v) is 7.84. The molecule has 31 heavy (non-hydrogen) atoms. The number of carbonyl (C=O) groups excluding carboxylic acids is 1. The molecule has 0 aromatic heterocycles. The first-order valence-corrected chi connectivity index (χ1v) is 11.7. The number of carbonyl (C=O) groups is 1. The molecule has 1 aliphatic heterocycles. The molecular weight excluding hydrogens is 442 g/mol. The Labute approximate surface area is 186 Å². The number of sulfonamides is 1. The van der Waals surface area contributed by atoms with E-state index in [1.54, 1.807) is 7.05 Å². The van der Waals surface area contributed by atoms with Crippen LogP contribution in [0.15, 0.2) is 47.4 Å². The maximum Gasteiger partial charge on any atom is 0.269 e. The number of non-ortho nitro benzene ring substituents is 1. The van der Waals surface area contributed by atoms with Gasteiger partial charge in [-0.15, -0.1) is 0 Å². The molecule has 0 bridgehead atoms. The van der Waals surface area contributed by atoms with Gasteiger partial charge < -0.3 is 4.90 Å². The van der Waals surface area contributed by atoms with Gasteiger partial charge in [-0.1, -0.05) is 18.0 Å². The van der Waals surface area contributed by atoms with Crippen LogP contribution in [0.5, 0.6) is 0 Å². The van der Waals surface area contributed by atoms with Crippen molar-refractivity contribution in [3.8, 4) is 0 Å². The second kappa shape index (κ2) is 9.33. The Hall–Kier alpha value is -2.49. The Morgan fingerprint density at radius 3 is 2.52 bits per heavy atom. The molecule has 1 saturated heterocycles. The molecular formula is C21H24ClN3O5S. The van der Waals surface area contributed by atoms with Gasteiger partial charge in [0, 0.05) is 48.9 Å². The summed E-state index contributed by atoms with van der Waals surface area (Å²) in [5.41, 5.74) is 0.654. The normalized spacial score (nSPS) is 17.3. The monoisotopic (exact) mass is 465 g/mol. The number of amides is 1. The Bertz CT molecular complexity index is 1090. The van der Waals surface area contributed by atoms with E-state index in [4.69, 9.17) is 11.6 Å². The molecule has 0 saturated carbocycles. The van der Waals surface area contributed by atoms with Crippen molar-refractivity contribution in [2.75, 3.05) is 13.6 Å². The summed E-state index contributed by atoms with van der Waals surface area (Å²) >= 11 is 6.12. The number of piperidine rings is 1. The van der Waals surface area contributed by atoms with E-state index in [1.807, 2.05) is 6.92 Å². The zero-order valence-corrected chi connectivity index (χ0v) is 18.9. The molecule has 8 nitrogen and oxygen atoms in total. The van der Waals surface area contributed by atoms with Crippen LogP contribution in [-0.2, 0) is 16.6 Å². The van der Waals surface area contributed by atoms with Gasteiger partial charge in [-0.25, -0.2) is 8.42 Å². The summed E-state index contributed by atoms with van der Waals surface area (Å²) < 4.78 is 27.4. The van der Waals surface area contributed by atoms with Crippen molar-refractivity contribution < 1.29 is 18.1 Å². The van der Waals surface area contributed by atoms with Gasteiger partial charge in [0.05, 0.1) is 9.82 Å². The summed E-state index contributed by atoms with van der Waals surface area (Å²) in [6.07, 6.45) is 2.69. The molecule has 1 unspecified atom stereocenters. The zero-order valence-electron chi connectivity index (χ0n) is 17.3. The molecule has 0 aliphatic carbocycles. The van der Waals surface area contributed by atoms with Crippen LogP contribution in [0, 0.1) is 10.1 Å². The number of nitro benzene ring substituents is 1. The third-order valence-electron chi connectivity index (χ3n) is 5.44. The lowest BCUT2D eigenvalue weighted by Gasteiger charge is -2.32. The number of nitro groups is 1. The van der Waals surface area contributed by atoms with Crippen molar-refractivity contribution in [2.45, 2.75) is 43.7 Å². The lowest BCUT2D eigenvalue weighted by Crippen LogP contribution is -2.41. The molecule has 166 valence electrons. The average Bonchev–Trinajstić information content (AvgIpc) is 2.74. The van der Waals surface area contributed by atoms with E-state index >= 15 is 0 Å². The Kier molecular flexibility index (Phi) is 6.98. The quantitative estimate of drug-likeness (QED) is 0.472. The molecule has 3 rings (SSSR count). The Morgan fingerprint density at radius 1 is 1.23 bits per heavy atom. The van der Waals surface area contributed by atoms with E-state index in [9.17, 15) is 23.3 Å². The van der Waals surface area contributed by atoms with Crippen LogP contribution >= 0.6 is 11.6 Å². The highest BCUT2D eigenvalue weighted by molar-refractivity contribution is 7.89. The van der Waals surface area contributed by atoms with Gasteiger partial charge in [-0.3, -0.25) is 14.9 Å². The van der Waals surface area contributed by atoms with Crippen LogP contribution in [0.3, 0.4) is 0 Å². The third kappa shape index (κ3) is 5.06. The Balaban J connectivity index is 1.76. The molecule has 0 N–H and O–H groups in total. The first-order chi connectivity index (χ1) is 14.6. The van der Waals surface area contributed by atoms with Crippen molar-refractivity contribution in [1.29, 1.82) is 0 Å². The molecule has 1 heterocycles. The summed E-state index contributed by atoms with van der Waals surface area (Å²) in [5.74, 6) is -0.349. The number of hydrogen-bond donors (Lipinski definition) is 0. The molecule has 0 spiro atoms. The summed E-state index contributed by atoms with van der Waals surface area (Å²) in [5, 5.41) is 11.3. The number of halogens is 1. The Morgan fingerprint density at radius 2 is 1.90 bits per heavy atom. The van der Waals surface area contributed by atoms with E-state index in [0.29, 0.717) is 22.7 Å². The van der Waals surface area contributed by atoms with Crippen LogP contribution in [0.4, 0.5) is 5.69 Å². The van der Waals surface area contributed by atoms with Crippen molar-refractivity contribution >= 4 is 33.2 Å². The maximum absolute atomic E-state index is 12.9. The number of benzene rings is 2. The minimum absolute atomic E-state index is 0.0501. The smallest absolute Gasteiger partial charge is 0.269 e. The van der Waals surface area contributed by atoms with E-state index in [1.165, 1.54) is 51.7 Å². The molecule has 2 aromatic rings. The van der Waals surface area contributed by atoms with Crippen molar-refractivity contribution in [3.05, 3.63) is 68.7 Å². The van der Waals surface area contributed by atoms with E-state index in [0.717, 1.165) is 19.3 Å². The highest BCUT2D eigenvalue weighted by Gasteiger charge is 2.31. The van der Waals surface area contributed by atoms with E-state index in [2.05, 4.69) is 0 Å². The topological polar surface area (TPSA) is 101 Å². The van der Waals surface area contributed by atoms with Crippen LogP contribution < -0.4 is 0 Å². The van der Waals surface area contributed by atoms with Crippen molar-refractivity contribution in [1.82, 2.24) is 9.21 Å². The van der Waals surface area contributed by atoms with Crippen molar-refractivity contribution in [3.63, 3.8) is 0 Å². The second-order valence-electron chi connectivity index (χ2n) is 7.68. The fraction of sp³-hybridized carbons (Fsp3) is 0.381. The van der Waals surface area contributed by atoms with Gasteiger partial charge in [0.25, 0.3) is 11.6 Å². The summed E-state index contributed by atoms with van der Waals surface area (Å²) in [7, 11) is -2.06. The first kappa shape index (κ1) is 23.2. The summed E-state index contributed by atoms with van der Waals surface area (Å²) in [4.78, 5) is 24.8. The van der Waals surface area contributed by atoms with Gasteiger partial charge >= 0.3 is 0 Å². The van der Waals surface area contributed by atoms with Gasteiger partial charge in [0.2, 0.25) is 10.0 Å². The van der Waals surface area contributed by atoms with E-state index < -0.39 is 14.9 Å². The SMILES string of the molecule is CC1CCCCN1S(=O)(=O)c1ccc(C(=O)N(C)Cc2cc([N+](=O)[O-])ccc2Cl)cc1. The van der Waals surface area contributed by atoms with Gasteiger partial charge in [-0.2, -0.15) is 4.31 Å². The van der Waals surface area contributed by atoms with E-state index in [-0.39, 0.29) is 29.1 Å². The average molecular weight is 466 g/mol. The molecule has 1 atom stereocenters. The lowest BCUT2D eigenvalue weighted by atomic mass is 10.1. The van der Waals surface area contributed by atoms with Gasteiger partial charge in [0.1, 0.15) is 0 Å². The zero-order chi connectivity index (χ0) is 22.8. The fourth-order valence-electron chi connectivity index (χ4n) is 3.68. The standard InChI is InChI=1S/C21H24ClN3O5S/c1-15-5-3-4-12-24(15)31(29,30)19-9-6-16(7-10-19)21(26)23(2)14-17-13-18(25(27)28)8-11-20(17)22/h6-11,13,15H,3-5,12,14H2,1-2H3. The minimum Gasteiger partial charge on any atom is -0.337 e. The van der Waals surface area contributed by atoms with Crippen molar-refractivity contribution in [2.24, 2.45) is 0 Å². The van der Waals surface area contributed by atoms with Gasteiger partial charge in [-0.05, 0) is 55.7 Å². The number of rotatable bonds is 6. The number of hydrogen-bond acceptors (Lipinski definition) is 5. The van der Waals surface area contributed by atoms with Crippen LogP contribution in [0.2, 0.25) is 5.02 Å². The molecule has 2 aromatic carbocycles. The van der Waals surface area contributed by atoms with Crippen LogP contribution in [0.25, 0.3) is 0 Å². The fourth-order valence-corrected chi connectivity index (χ4v) is 5.55. The molecule has 10 heteroatoms. The summed E-state index contributed by atoms with van der Waals surface area (Å²) in [6.45, 7) is 2.48. The lowest BCUT2D eigenvalue weighted by molar-refractivity contribution is -0.384. The maximum atomic E-state index is 12.9. The molecule has 1 amide bonds. The van der Waals surface area contributed by atoms with Gasteiger partial charge in [0.15, 0.2) is 0 Å². The highest BCUT2D eigenvalue weighted by Crippen LogP contribution is 2.26. The summed E-state index contributed by atoms with van der Waals surface area (Å²) in [6, 6.07) is 9.86. The predicted molar refractivity (Wildman–Crippen MR) is 118 cm³/mol.